The molecule has 0 aromatic heterocycles. The standard InChI is InChI=1S/C18H30N4O2S/c1-18(2,21-25(4,23)24)14-20-17(19-3)22-11-10-16(13-22)12-15-8-6-5-7-9-15/h5-9,16,21H,10-14H2,1-4H3,(H,19,20). The Morgan fingerprint density at radius 2 is 2.00 bits per heavy atom. The first-order valence-electron chi connectivity index (χ1n) is 8.67. The van der Waals surface area contributed by atoms with Gasteiger partial charge in [0.2, 0.25) is 10.0 Å². The molecule has 7 heteroatoms. The van der Waals surface area contributed by atoms with Gasteiger partial charge in [0.25, 0.3) is 0 Å². The molecule has 2 N–H and O–H groups in total. The Morgan fingerprint density at radius 1 is 1.32 bits per heavy atom. The van der Waals surface area contributed by atoms with Gasteiger partial charge in [-0.15, -0.1) is 0 Å². The van der Waals surface area contributed by atoms with Crippen LogP contribution in [-0.4, -0.2) is 57.8 Å². The summed E-state index contributed by atoms with van der Waals surface area (Å²) in [6.45, 7) is 6.13. The van der Waals surface area contributed by atoms with Gasteiger partial charge in [-0.1, -0.05) is 30.3 Å². The molecule has 0 bridgehead atoms. The van der Waals surface area contributed by atoms with E-state index < -0.39 is 15.6 Å². The maximum absolute atomic E-state index is 11.5. The van der Waals surface area contributed by atoms with Gasteiger partial charge in [0.15, 0.2) is 5.96 Å². The van der Waals surface area contributed by atoms with Crippen molar-refractivity contribution in [2.45, 2.75) is 32.2 Å². The molecule has 1 aliphatic heterocycles. The van der Waals surface area contributed by atoms with Crippen molar-refractivity contribution in [2.24, 2.45) is 10.9 Å². The molecule has 25 heavy (non-hydrogen) atoms. The normalized spacial score (nSPS) is 19.3. The van der Waals surface area contributed by atoms with E-state index in [1.807, 2.05) is 19.9 Å². The van der Waals surface area contributed by atoms with Gasteiger partial charge in [-0.05, 0) is 38.2 Å². The highest BCUT2D eigenvalue weighted by Crippen LogP contribution is 2.21. The predicted molar refractivity (Wildman–Crippen MR) is 103 cm³/mol. The fraction of sp³-hybridized carbons (Fsp3) is 0.611. The quantitative estimate of drug-likeness (QED) is 0.590. The van der Waals surface area contributed by atoms with Crippen molar-refractivity contribution in [3.8, 4) is 0 Å². The number of rotatable bonds is 6. The predicted octanol–water partition coefficient (Wildman–Crippen LogP) is 1.45. The first-order valence-corrected chi connectivity index (χ1v) is 10.6. The molecular formula is C18H30N4O2S. The Kier molecular flexibility index (Phi) is 6.46. The summed E-state index contributed by atoms with van der Waals surface area (Å²) in [6.07, 6.45) is 3.40. The summed E-state index contributed by atoms with van der Waals surface area (Å²) in [7, 11) is -1.47. The van der Waals surface area contributed by atoms with E-state index in [1.165, 1.54) is 11.8 Å². The number of benzene rings is 1. The first kappa shape index (κ1) is 19.7. The summed E-state index contributed by atoms with van der Waals surface area (Å²) < 4.78 is 25.6. The van der Waals surface area contributed by atoms with Crippen molar-refractivity contribution in [1.29, 1.82) is 0 Å². The number of guanidine groups is 1. The zero-order valence-electron chi connectivity index (χ0n) is 15.6. The Labute approximate surface area is 151 Å². The van der Waals surface area contributed by atoms with Crippen molar-refractivity contribution in [3.63, 3.8) is 0 Å². The molecule has 1 aromatic rings. The number of hydrogen-bond donors (Lipinski definition) is 2. The third kappa shape index (κ3) is 6.66. The molecule has 1 atom stereocenters. The van der Waals surface area contributed by atoms with E-state index in [1.54, 1.807) is 7.05 Å². The number of nitrogens with zero attached hydrogens (tertiary/aromatic N) is 2. The highest BCUT2D eigenvalue weighted by Gasteiger charge is 2.27. The maximum atomic E-state index is 11.5. The molecule has 6 nitrogen and oxygen atoms in total. The zero-order chi connectivity index (χ0) is 18.5. The van der Waals surface area contributed by atoms with Crippen molar-refractivity contribution < 1.29 is 8.42 Å². The number of hydrogen-bond acceptors (Lipinski definition) is 3. The lowest BCUT2D eigenvalue weighted by molar-refractivity contribution is 0.419. The monoisotopic (exact) mass is 366 g/mol. The van der Waals surface area contributed by atoms with Crippen LogP contribution in [0.25, 0.3) is 0 Å². The topological polar surface area (TPSA) is 73.8 Å². The number of nitrogens with one attached hydrogen (secondary N) is 2. The molecule has 1 heterocycles. The van der Waals surface area contributed by atoms with Crippen LogP contribution in [0.3, 0.4) is 0 Å². The minimum atomic E-state index is -3.24. The van der Waals surface area contributed by atoms with Gasteiger partial charge in [0.05, 0.1) is 6.26 Å². The summed E-state index contributed by atoms with van der Waals surface area (Å²) in [5, 5.41) is 3.31. The Bertz CT molecular complexity index is 686. The number of sulfonamides is 1. The second-order valence-electron chi connectivity index (χ2n) is 7.45. The van der Waals surface area contributed by atoms with Gasteiger partial charge in [-0.25, -0.2) is 13.1 Å². The van der Waals surface area contributed by atoms with Gasteiger partial charge in [0.1, 0.15) is 0 Å². The van der Waals surface area contributed by atoms with Gasteiger partial charge in [-0.2, -0.15) is 0 Å². The van der Waals surface area contributed by atoms with E-state index in [2.05, 4.69) is 44.2 Å². The molecular weight excluding hydrogens is 336 g/mol. The molecule has 0 radical (unpaired) electrons. The third-order valence-corrected chi connectivity index (χ3v) is 5.24. The highest BCUT2D eigenvalue weighted by atomic mass is 32.2. The van der Waals surface area contributed by atoms with Crippen LogP contribution in [0.4, 0.5) is 0 Å². The lowest BCUT2D eigenvalue weighted by atomic mass is 9.99. The lowest BCUT2D eigenvalue weighted by Gasteiger charge is -2.29. The molecule has 1 aliphatic rings. The zero-order valence-corrected chi connectivity index (χ0v) is 16.4. The van der Waals surface area contributed by atoms with E-state index in [0.29, 0.717) is 12.5 Å². The molecule has 0 saturated carbocycles. The van der Waals surface area contributed by atoms with Crippen molar-refractivity contribution in [1.82, 2.24) is 14.9 Å². The summed E-state index contributed by atoms with van der Waals surface area (Å²) in [5.74, 6) is 1.45. The van der Waals surface area contributed by atoms with E-state index >= 15 is 0 Å². The minimum Gasteiger partial charge on any atom is -0.354 e. The van der Waals surface area contributed by atoms with E-state index in [4.69, 9.17) is 0 Å². The summed E-state index contributed by atoms with van der Waals surface area (Å²) in [4.78, 5) is 6.62. The van der Waals surface area contributed by atoms with Crippen molar-refractivity contribution in [2.75, 3.05) is 32.9 Å². The van der Waals surface area contributed by atoms with Gasteiger partial charge in [0, 0.05) is 32.2 Å². The fourth-order valence-corrected chi connectivity index (χ4v) is 4.39. The number of aliphatic imine (C=N–C) groups is 1. The Hall–Kier alpha value is -1.60. The SMILES string of the molecule is CN=C(NCC(C)(C)NS(C)(=O)=O)N1CCC(Cc2ccccc2)C1. The van der Waals surface area contributed by atoms with Crippen molar-refractivity contribution in [3.05, 3.63) is 35.9 Å². The molecule has 1 saturated heterocycles. The van der Waals surface area contributed by atoms with E-state index in [9.17, 15) is 8.42 Å². The maximum Gasteiger partial charge on any atom is 0.209 e. The molecule has 2 rings (SSSR count). The van der Waals surface area contributed by atoms with Crippen LogP contribution in [0, 0.1) is 5.92 Å². The number of likely N-dealkylation sites (tertiary alicyclic amines) is 1. The molecule has 140 valence electrons. The van der Waals surface area contributed by atoms with E-state index in [0.717, 1.165) is 31.9 Å². The molecule has 0 spiro atoms. The lowest BCUT2D eigenvalue weighted by Crippen LogP contribution is -2.53. The highest BCUT2D eigenvalue weighted by molar-refractivity contribution is 7.88. The van der Waals surface area contributed by atoms with Crippen LogP contribution < -0.4 is 10.0 Å². The van der Waals surface area contributed by atoms with Crippen LogP contribution in [-0.2, 0) is 16.4 Å². The average molecular weight is 367 g/mol. The van der Waals surface area contributed by atoms with Crippen molar-refractivity contribution >= 4 is 16.0 Å². The van der Waals surface area contributed by atoms with Crippen LogP contribution in [0.15, 0.2) is 35.3 Å². The Morgan fingerprint density at radius 3 is 2.60 bits per heavy atom. The van der Waals surface area contributed by atoms with Crippen LogP contribution in [0.5, 0.6) is 0 Å². The van der Waals surface area contributed by atoms with Gasteiger partial charge < -0.3 is 10.2 Å². The third-order valence-electron chi connectivity index (χ3n) is 4.31. The molecule has 1 unspecified atom stereocenters. The fourth-order valence-electron chi connectivity index (χ4n) is 3.31. The smallest absolute Gasteiger partial charge is 0.209 e. The summed E-state index contributed by atoms with van der Waals surface area (Å²) in [6, 6.07) is 10.6. The summed E-state index contributed by atoms with van der Waals surface area (Å²) in [5.41, 5.74) is 0.794. The summed E-state index contributed by atoms with van der Waals surface area (Å²) >= 11 is 0. The van der Waals surface area contributed by atoms with E-state index in [-0.39, 0.29) is 0 Å². The second-order valence-corrected chi connectivity index (χ2v) is 9.20. The Balaban J connectivity index is 1.87. The van der Waals surface area contributed by atoms with Crippen LogP contribution in [0.2, 0.25) is 0 Å². The van der Waals surface area contributed by atoms with Crippen LogP contribution in [0.1, 0.15) is 25.8 Å². The first-order chi connectivity index (χ1) is 11.7. The van der Waals surface area contributed by atoms with Gasteiger partial charge in [-0.3, -0.25) is 4.99 Å². The van der Waals surface area contributed by atoms with Gasteiger partial charge >= 0.3 is 0 Å². The average Bonchev–Trinajstić information content (AvgIpc) is 2.95. The molecule has 1 aromatic carbocycles. The molecule has 0 amide bonds. The second kappa shape index (κ2) is 8.19. The molecule has 0 aliphatic carbocycles. The largest absolute Gasteiger partial charge is 0.354 e. The minimum absolute atomic E-state index is 0.479. The van der Waals surface area contributed by atoms with Crippen LogP contribution >= 0.6 is 0 Å². The molecule has 1 fully saturated rings.